The Morgan fingerprint density at radius 1 is 1.11 bits per heavy atom. The van der Waals surface area contributed by atoms with Gasteiger partial charge in [0.15, 0.2) is 11.5 Å². The molecule has 0 fully saturated rings. The number of nitrogens with zero attached hydrogens (tertiary/aromatic N) is 2. The molecule has 190 valence electrons. The molecule has 12 heteroatoms. The van der Waals surface area contributed by atoms with Crippen LogP contribution in [0, 0.1) is 0 Å². The number of likely N-dealkylation sites (N-methyl/N-ethyl adjacent to an activating group) is 1. The van der Waals surface area contributed by atoms with E-state index >= 15 is 0 Å². The molecule has 2 aromatic rings. The average molecular weight is 544 g/mol. The van der Waals surface area contributed by atoms with E-state index in [-0.39, 0.29) is 44.5 Å². The fraction of sp³-hybridized carbons (Fsp3) is 0.391. The first-order chi connectivity index (χ1) is 16.5. The molecular weight excluding hydrogens is 517 g/mol. The smallest absolute Gasteiger partial charge is 0.242 e. The molecular formula is C23H27Cl2N3O6S. The zero-order valence-corrected chi connectivity index (χ0v) is 21.9. The van der Waals surface area contributed by atoms with Crippen LogP contribution in [0.15, 0.2) is 36.4 Å². The monoisotopic (exact) mass is 543 g/mol. The quantitative estimate of drug-likeness (QED) is 0.492. The third-order valence-corrected chi connectivity index (χ3v) is 7.35. The van der Waals surface area contributed by atoms with Gasteiger partial charge in [0.25, 0.3) is 0 Å². The molecule has 0 aliphatic carbocycles. The second-order valence-corrected chi connectivity index (χ2v) is 10.8. The standard InChI is InChI=1S/C23H27Cl2N3O6S/c1-15(23(30)26-2)27(13-16-6-7-17(24)11-19(16)25)22(29)5-4-10-28(35(3,31)32)18-8-9-20-21(12-18)34-14-33-20/h6-9,11-12,15H,4-5,10,13-14H2,1-3H3,(H,26,30). The van der Waals surface area contributed by atoms with E-state index in [4.69, 9.17) is 32.7 Å². The van der Waals surface area contributed by atoms with Gasteiger partial charge in [0, 0.05) is 42.7 Å². The van der Waals surface area contributed by atoms with E-state index in [2.05, 4.69) is 5.32 Å². The number of rotatable bonds is 10. The number of nitrogens with one attached hydrogen (secondary N) is 1. The number of sulfonamides is 1. The zero-order valence-electron chi connectivity index (χ0n) is 19.6. The number of anilines is 1. The third kappa shape index (κ3) is 6.71. The van der Waals surface area contributed by atoms with Crippen LogP contribution in [-0.2, 0) is 26.2 Å². The van der Waals surface area contributed by atoms with E-state index in [0.29, 0.717) is 32.8 Å². The molecule has 1 heterocycles. The topological polar surface area (TPSA) is 105 Å². The Labute approximate surface area is 214 Å². The highest BCUT2D eigenvalue weighted by Crippen LogP contribution is 2.36. The van der Waals surface area contributed by atoms with Crippen LogP contribution in [0.1, 0.15) is 25.3 Å². The van der Waals surface area contributed by atoms with Gasteiger partial charge in [-0.15, -0.1) is 0 Å². The number of carbonyl (C=O) groups is 2. The van der Waals surface area contributed by atoms with E-state index in [1.54, 1.807) is 43.3 Å². The molecule has 0 saturated heterocycles. The van der Waals surface area contributed by atoms with Gasteiger partial charge >= 0.3 is 0 Å². The molecule has 35 heavy (non-hydrogen) atoms. The van der Waals surface area contributed by atoms with Crippen LogP contribution in [0.5, 0.6) is 11.5 Å². The van der Waals surface area contributed by atoms with E-state index in [9.17, 15) is 18.0 Å². The van der Waals surface area contributed by atoms with Gasteiger partial charge in [0.2, 0.25) is 28.6 Å². The van der Waals surface area contributed by atoms with Crippen molar-refractivity contribution < 1.29 is 27.5 Å². The normalized spacial score (nSPS) is 13.3. The summed E-state index contributed by atoms with van der Waals surface area (Å²) in [5, 5.41) is 3.39. The number of hydrogen-bond acceptors (Lipinski definition) is 6. The summed E-state index contributed by atoms with van der Waals surface area (Å²) >= 11 is 12.3. The number of amides is 2. The number of hydrogen-bond donors (Lipinski definition) is 1. The number of benzene rings is 2. The van der Waals surface area contributed by atoms with Crippen LogP contribution in [-0.4, -0.2) is 57.8 Å². The zero-order chi connectivity index (χ0) is 25.8. The van der Waals surface area contributed by atoms with Crippen molar-refractivity contribution in [3.63, 3.8) is 0 Å². The maximum Gasteiger partial charge on any atom is 0.242 e. The number of ether oxygens (including phenoxy) is 2. The van der Waals surface area contributed by atoms with Crippen LogP contribution in [0.4, 0.5) is 5.69 Å². The van der Waals surface area contributed by atoms with E-state index in [1.165, 1.54) is 16.3 Å². The second-order valence-electron chi connectivity index (χ2n) is 8.02. The largest absolute Gasteiger partial charge is 0.454 e. The number of carbonyl (C=O) groups excluding carboxylic acids is 2. The predicted octanol–water partition coefficient (Wildman–Crippen LogP) is 3.43. The SMILES string of the molecule is CNC(=O)C(C)N(Cc1ccc(Cl)cc1Cl)C(=O)CCCN(c1ccc2c(c1)OCO2)S(C)(=O)=O. The summed E-state index contributed by atoms with van der Waals surface area (Å²) in [4.78, 5) is 26.9. The molecule has 2 aromatic carbocycles. The highest BCUT2D eigenvalue weighted by molar-refractivity contribution is 7.92. The van der Waals surface area contributed by atoms with E-state index < -0.39 is 16.1 Å². The fourth-order valence-electron chi connectivity index (χ4n) is 3.67. The summed E-state index contributed by atoms with van der Waals surface area (Å²) in [6.07, 6.45) is 1.34. The lowest BCUT2D eigenvalue weighted by Crippen LogP contribution is -2.46. The average Bonchev–Trinajstić information content (AvgIpc) is 3.27. The molecule has 1 aliphatic rings. The molecule has 1 N–H and O–H groups in total. The van der Waals surface area contributed by atoms with Crippen molar-refractivity contribution in [1.29, 1.82) is 0 Å². The summed E-state index contributed by atoms with van der Waals surface area (Å²) in [5.74, 6) is 0.350. The minimum absolute atomic E-state index is 0.0170. The third-order valence-electron chi connectivity index (χ3n) is 5.57. The first-order valence-electron chi connectivity index (χ1n) is 10.8. The van der Waals surface area contributed by atoms with Gasteiger partial charge in [-0.25, -0.2) is 8.42 Å². The summed E-state index contributed by atoms with van der Waals surface area (Å²) < 4.78 is 36.8. The van der Waals surface area contributed by atoms with Crippen molar-refractivity contribution in [3.05, 3.63) is 52.0 Å². The van der Waals surface area contributed by atoms with Gasteiger partial charge in [0.1, 0.15) is 6.04 Å². The lowest BCUT2D eigenvalue weighted by atomic mass is 10.1. The highest BCUT2D eigenvalue weighted by atomic mass is 35.5. The Kier molecular flexibility index (Phi) is 8.74. The number of halogens is 2. The second kappa shape index (κ2) is 11.4. The van der Waals surface area contributed by atoms with Crippen LogP contribution >= 0.6 is 23.2 Å². The first-order valence-corrected chi connectivity index (χ1v) is 13.4. The van der Waals surface area contributed by atoms with E-state index in [1.807, 2.05) is 0 Å². The summed E-state index contributed by atoms with van der Waals surface area (Å²) in [5.41, 5.74) is 1.05. The Morgan fingerprint density at radius 3 is 2.49 bits per heavy atom. The molecule has 0 aromatic heterocycles. The van der Waals surface area contributed by atoms with Gasteiger partial charge in [-0.2, -0.15) is 0 Å². The Balaban J connectivity index is 1.74. The molecule has 0 spiro atoms. The molecule has 9 nitrogen and oxygen atoms in total. The van der Waals surface area contributed by atoms with Crippen LogP contribution in [0.2, 0.25) is 10.0 Å². The highest BCUT2D eigenvalue weighted by Gasteiger charge is 2.27. The van der Waals surface area contributed by atoms with Gasteiger partial charge < -0.3 is 19.7 Å². The van der Waals surface area contributed by atoms with Gasteiger partial charge in [-0.3, -0.25) is 13.9 Å². The maximum atomic E-state index is 13.2. The van der Waals surface area contributed by atoms with Crippen LogP contribution in [0.3, 0.4) is 0 Å². The van der Waals surface area contributed by atoms with Crippen molar-refractivity contribution in [2.45, 2.75) is 32.4 Å². The Morgan fingerprint density at radius 2 is 1.83 bits per heavy atom. The number of fused-ring (bicyclic) bond motifs is 1. The Bertz CT molecular complexity index is 1210. The lowest BCUT2D eigenvalue weighted by Gasteiger charge is -2.29. The first kappa shape index (κ1) is 26.9. The molecule has 1 unspecified atom stereocenters. The minimum atomic E-state index is -3.63. The molecule has 0 bridgehead atoms. The maximum absolute atomic E-state index is 13.2. The van der Waals surface area contributed by atoms with Gasteiger partial charge in [-0.1, -0.05) is 29.3 Å². The Hall–Kier alpha value is -2.69. The molecule has 3 rings (SSSR count). The minimum Gasteiger partial charge on any atom is -0.454 e. The van der Waals surface area contributed by atoms with Crippen molar-refractivity contribution >= 4 is 50.7 Å². The van der Waals surface area contributed by atoms with Gasteiger partial charge in [-0.05, 0) is 43.2 Å². The van der Waals surface area contributed by atoms with Crippen LogP contribution < -0.4 is 19.1 Å². The van der Waals surface area contributed by atoms with Crippen molar-refractivity contribution in [2.24, 2.45) is 0 Å². The van der Waals surface area contributed by atoms with Crippen molar-refractivity contribution in [3.8, 4) is 11.5 Å². The van der Waals surface area contributed by atoms with E-state index in [0.717, 1.165) is 6.26 Å². The summed E-state index contributed by atoms with van der Waals surface area (Å²) in [7, 11) is -2.14. The lowest BCUT2D eigenvalue weighted by molar-refractivity contribution is -0.140. The molecule has 0 saturated carbocycles. The molecule has 1 aliphatic heterocycles. The summed E-state index contributed by atoms with van der Waals surface area (Å²) in [6.45, 7) is 1.86. The fourth-order valence-corrected chi connectivity index (χ4v) is 5.09. The van der Waals surface area contributed by atoms with Crippen molar-refractivity contribution in [1.82, 2.24) is 10.2 Å². The predicted molar refractivity (Wildman–Crippen MR) is 135 cm³/mol. The molecule has 2 amide bonds. The molecule has 1 atom stereocenters. The van der Waals surface area contributed by atoms with Crippen molar-refractivity contribution in [2.75, 3.05) is 30.9 Å². The molecule has 0 radical (unpaired) electrons. The summed E-state index contributed by atoms with van der Waals surface area (Å²) in [6, 6.07) is 9.02. The van der Waals surface area contributed by atoms with Gasteiger partial charge in [0.05, 0.1) is 11.9 Å². The van der Waals surface area contributed by atoms with Crippen LogP contribution in [0.25, 0.3) is 0 Å².